The highest BCUT2D eigenvalue weighted by atomic mass is 32.1. The number of para-hydroxylation sites is 1. The Balaban J connectivity index is 1.08. The van der Waals surface area contributed by atoms with Crippen molar-refractivity contribution in [2.75, 3.05) is 0 Å². The third-order valence-electron chi connectivity index (χ3n) is 11.1. The summed E-state index contributed by atoms with van der Waals surface area (Å²) in [7, 11) is 0. The highest BCUT2D eigenvalue weighted by Gasteiger charge is 2.35. The second-order valence-electron chi connectivity index (χ2n) is 14.6. The molecule has 0 N–H and O–H groups in total. The van der Waals surface area contributed by atoms with Crippen molar-refractivity contribution in [3.8, 4) is 56.5 Å². The molecule has 0 atom stereocenters. The van der Waals surface area contributed by atoms with E-state index in [4.69, 9.17) is 19.9 Å². The SMILES string of the molecule is CC1(C)c2ccccc2-c2ccc(-c3nc(-c4ccc(-c5nc6ccccc6c6sc7ccccc7c56)cc4)nc(-c4cccc5ccccc45)n3)cc21. The summed E-state index contributed by atoms with van der Waals surface area (Å²) in [6.45, 7) is 4.61. The summed E-state index contributed by atoms with van der Waals surface area (Å²) >= 11 is 1.84. The molecule has 3 heterocycles. The normalized spacial score (nSPS) is 13.1. The van der Waals surface area contributed by atoms with E-state index in [-0.39, 0.29) is 5.41 Å². The number of hydrogen-bond donors (Lipinski definition) is 0. The first-order valence-corrected chi connectivity index (χ1v) is 19.1. The molecule has 0 fully saturated rings. The third kappa shape index (κ3) is 4.68. The predicted molar refractivity (Wildman–Crippen MR) is 225 cm³/mol. The molecule has 0 bridgehead atoms. The van der Waals surface area contributed by atoms with Crippen LogP contribution in [0.25, 0.3) is 98.4 Å². The molecule has 4 nitrogen and oxygen atoms in total. The molecule has 5 heteroatoms. The van der Waals surface area contributed by atoms with Gasteiger partial charge in [-0.05, 0) is 51.2 Å². The molecule has 0 unspecified atom stereocenters. The summed E-state index contributed by atoms with van der Waals surface area (Å²) in [6.07, 6.45) is 0. The lowest BCUT2D eigenvalue weighted by Crippen LogP contribution is -2.15. The summed E-state index contributed by atoms with van der Waals surface area (Å²) in [5.41, 5.74) is 11.0. The van der Waals surface area contributed by atoms with Crippen molar-refractivity contribution in [3.63, 3.8) is 0 Å². The molecule has 1 aliphatic carbocycles. The second-order valence-corrected chi connectivity index (χ2v) is 15.7. The number of pyridine rings is 1. The Morgan fingerprint density at radius 2 is 1.06 bits per heavy atom. The van der Waals surface area contributed by atoms with E-state index in [0.29, 0.717) is 17.5 Å². The maximum Gasteiger partial charge on any atom is 0.164 e. The van der Waals surface area contributed by atoms with Crippen LogP contribution in [-0.2, 0) is 5.41 Å². The number of thiophene rings is 1. The number of hydrogen-bond acceptors (Lipinski definition) is 5. The van der Waals surface area contributed by atoms with E-state index in [1.165, 1.54) is 47.8 Å². The van der Waals surface area contributed by atoms with Gasteiger partial charge in [0.15, 0.2) is 17.5 Å². The smallest absolute Gasteiger partial charge is 0.164 e. The van der Waals surface area contributed by atoms with Crippen LogP contribution in [-0.4, -0.2) is 19.9 Å². The molecule has 254 valence electrons. The van der Waals surface area contributed by atoms with E-state index < -0.39 is 0 Å². The fourth-order valence-electron chi connectivity index (χ4n) is 8.41. The van der Waals surface area contributed by atoms with Gasteiger partial charge in [-0.3, -0.25) is 0 Å². The minimum atomic E-state index is -0.137. The van der Waals surface area contributed by atoms with Crippen molar-refractivity contribution in [2.45, 2.75) is 19.3 Å². The zero-order valence-corrected chi connectivity index (χ0v) is 30.5. The lowest BCUT2D eigenvalue weighted by molar-refractivity contribution is 0.660. The molecule has 0 saturated carbocycles. The van der Waals surface area contributed by atoms with Gasteiger partial charge in [-0.1, -0.05) is 153 Å². The van der Waals surface area contributed by atoms with Gasteiger partial charge in [0.1, 0.15) is 0 Å². The summed E-state index contributed by atoms with van der Waals surface area (Å²) in [4.78, 5) is 20.8. The van der Waals surface area contributed by atoms with Crippen LogP contribution >= 0.6 is 11.3 Å². The average molecular weight is 709 g/mol. The fraction of sp³-hybridized carbons (Fsp3) is 0.0612. The molecule has 0 aliphatic heterocycles. The van der Waals surface area contributed by atoms with Crippen molar-refractivity contribution in [2.24, 2.45) is 0 Å². The van der Waals surface area contributed by atoms with Gasteiger partial charge in [0.25, 0.3) is 0 Å². The van der Waals surface area contributed by atoms with Crippen LogP contribution in [0.4, 0.5) is 0 Å². The molecule has 7 aromatic carbocycles. The van der Waals surface area contributed by atoms with E-state index >= 15 is 0 Å². The minimum absolute atomic E-state index is 0.137. The minimum Gasteiger partial charge on any atom is -0.247 e. The van der Waals surface area contributed by atoms with E-state index in [1.807, 2.05) is 11.3 Å². The number of rotatable bonds is 4. The van der Waals surface area contributed by atoms with Gasteiger partial charge in [0.05, 0.1) is 11.2 Å². The van der Waals surface area contributed by atoms with E-state index in [1.54, 1.807) is 0 Å². The van der Waals surface area contributed by atoms with Crippen LogP contribution in [0, 0.1) is 0 Å². The first-order chi connectivity index (χ1) is 26.5. The van der Waals surface area contributed by atoms with E-state index in [9.17, 15) is 0 Å². The zero-order chi connectivity index (χ0) is 36.0. The molecule has 0 radical (unpaired) electrons. The van der Waals surface area contributed by atoms with E-state index in [0.717, 1.165) is 44.2 Å². The van der Waals surface area contributed by atoms with Crippen molar-refractivity contribution < 1.29 is 0 Å². The highest BCUT2D eigenvalue weighted by Crippen LogP contribution is 2.49. The van der Waals surface area contributed by atoms with Crippen LogP contribution < -0.4 is 0 Å². The van der Waals surface area contributed by atoms with Gasteiger partial charge in [0, 0.05) is 53.2 Å². The molecular formula is C49H32N4S. The Kier molecular flexibility index (Phi) is 6.73. The lowest BCUT2D eigenvalue weighted by Gasteiger charge is -2.21. The topological polar surface area (TPSA) is 51.6 Å². The fourth-order valence-corrected chi connectivity index (χ4v) is 9.65. The molecule has 0 spiro atoms. The Morgan fingerprint density at radius 1 is 0.444 bits per heavy atom. The number of aromatic nitrogens is 4. The zero-order valence-electron chi connectivity index (χ0n) is 29.7. The first kappa shape index (κ1) is 31.0. The Hall–Kier alpha value is -6.56. The van der Waals surface area contributed by atoms with Crippen molar-refractivity contribution in [3.05, 3.63) is 169 Å². The lowest BCUT2D eigenvalue weighted by atomic mass is 9.82. The monoisotopic (exact) mass is 708 g/mol. The van der Waals surface area contributed by atoms with Crippen molar-refractivity contribution in [1.29, 1.82) is 0 Å². The highest BCUT2D eigenvalue weighted by molar-refractivity contribution is 7.26. The Bertz CT molecular complexity index is 3130. The summed E-state index contributed by atoms with van der Waals surface area (Å²) < 4.78 is 2.53. The largest absolute Gasteiger partial charge is 0.247 e. The first-order valence-electron chi connectivity index (χ1n) is 18.3. The van der Waals surface area contributed by atoms with Crippen LogP contribution in [0.1, 0.15) is 25.0 Å². The molecule has 3 aromatic heterocycles. The molecule has 1 aliphatic rings. The number of fused-ring (bicyclic) bond motifs is 9. The quantitative estimate of drug-likeness (QED) is 0.183. The molecule has 0 amide bonds. The third-order valence-corrected chi connectivity index (χ3v) is 12.3. The maximum atomic E-state index is 5.26. The second kappa shape index (κ2) is 11.7. The van der Waals surface area contributed by atoms with Gasteiger partial charge >= 0.3 is 0 Å². The molecule has 10 aromatic rings. The van der Waals surface area contributed by atoms with Gasteiger partial charge in [-0.15, -0.1) is 11.3 Å². The van der Waals surface area contributed by atoms with Gasteiger partial charge in [0.2, 0.25) is 0 Å². The van der Waals surface area contributed by atoms with Crippen LogP contribution in [0.5, 0.6) is 0 Å². The van der Waals surface area contributed by atoms with Crippen molar-refractivity contribution in [1.82, 2.24) is 19.9 Å². The predicted octanol–water partition coefficient (Wildman–Crippen LogP) is 12.9. The van der Waals surface area contributed by atoms with Crippen molar-refractivity contribution >= 4 is 53.2 Å². The van der Waals surface area contributed by atoms with Crippen LogP contribution in [0.2, 0.25) is 0 Å². The van der Waals surface area contributed by atoms with Crippen LogP contribution in [0.15, 0.2) is 158 Å². The average Bonchev–Trinajstić information content (AvgIpc) is 3.73. The summed E-state index contributed by atoms with van der Waals surface area (Å²) in [5, 5.41) is 5.88. The molecule has 54 heavy (non-hydrogen) atoms. The number of benzene rings is 7. The standard InChI is InChI=1S/C49H32N4S/c1-49(2)39-19-8-5-15-34(39)35-27-26-32(28-40(35)49)47-51-46(52-48(53-47)36-18-11-13-29-12-3-4-14-33(29)36)31-24-22-30(23-25-31)44-43-38-17-7-10-21-42(38)54-45(43)37-16-6-9-20-41(37)50-44/h3-28H,1-2H3. The molecular weight excluding hydrogens is 677 g/mol. The Morgan fingerprint density at radius 3 is 1.93 bits per heavy atom. The maximum absolute atomic E-state index is 5.26. The number of nitrogens with zero attached hydrogens (tertiary/aromatic N) is 4. The van der Waals surface area contributed by atoms with Gasteiger partial charge in [-0.2, -0.15) is 0 Å². The summed E-state index contributed by atoms with van der Waals surface area (Å²) in [6, 6.07) is 55.8. The van der Waals surface area contributed by atoms with Crippen LogP contribution in [0.3, 0.4) is 0 Å². The van der Waals surface area contributed by atoms with Gasteiger partial charge < -0.3 is 0 Å². The Labute approximate surface area is 316 Å². The van der Waals surface area contributed by atoms with Gasteiger partial charge in [-0.25, -0.2) is 19.9 Å². The summed E-state index contributed by atoms with van der Waals surface area (Å²) in [5.74, 6) is 1.95. The molecule has 11 rings (SSSR count). The molecule has 0 saturated heterocycles. The van der Waals surface area contributed by atoms with E-state index in [2.05, 4.69) is 172 Å².